The number of rotatable bonds is 6. The highest BCUT2D eigenvalue weighted by Crippen LogP contribution is 2.27. The van der Waals surface area contributed by atoms with Crippen LogP contribution in [-0.4, -0.2) is 42.7 Å². The minimum Gasteiger partial charge on any atom is -0.491 e. The highest BCUT2D eigenvalue weighted by molar-refractivity contribution is 5.91. The summed E-state index contributed by atoms with van der Waals surface area (Å²) < 4.78 is 19.0. The molecule has 2 amide bonds. The molecule has 1 saturated heterocycles. The van der Waals surface area contributed by atoms with Crippen LogP contribution in [0, 0.1) is 5.82 Å². The molecule has 1 aliphatic carbocycles. The second-order valence-corrected chi connectivity index (χ2v) is 7.34. The van der Waals surface area contributed by atoms with E-state index < -0.39 is 0 Å². The van der Waals surface area contributed by atoms with Gasteiger partial charge in [0.1, 0.15) is 11.6 Å². The van der Waals surface area contributed by atoms with Crippen molar-refractivity contribution in [2.24, 2.45) is 0 Å². The van der Waals surface area contributed by atoms with Crippen molar-refractivity contribution in [2.45, 2.75) is 64.0 Å². The highest BCUT2D eigenvalue weighted by atomic mass is 19.1. The maximum absolute atomic E-state index is 13.4. The number of ether oxygens (including phenoxy) is 1. The van der Waals surface area contributed by atoms with Gasteiger partial charge in [0.25, 0.3) is 0 Å². The normalized spacial score (nSPS) is 19.5. The van der Waals surface area contributed by atoms with E-state index >= 15 is 0 Å². The van der Waals surface area contributed by atoms with Gasteiger partial charge in [-0.3, -0.25) is 0 Å². The average molecular weight is 363 g/mol. The van der Waals surface area contributed by atoms with Gasteiger partial charge in [0.2, 0.25) is 0 Å². The van der Waals surface area contributed by atoms with Crippen LogP contribution in [0.5, 0.6) is 5.75 Å². The van der Waals surface area contributed by atoms with Gasteiger partial charge in [-0.2, -0.15) is 0 Å². The van der Waals surface area contributed by atoms with Gasteiger partial charge in [-0.25, -0.2) is 9.18 Å². The predicted molar refractivity (Wildman–Crippen MR) is 101 cm³/mol. The third-order valence-corrected chi connectivity index (χ3v) is 5.36. The second kappa shape index (κ2) is 9.21. The summed E-state index contributed by atoms with van der Waals surface area (Å²) in [6, 6.07) is 4.87. The van der Waals surface area contributed by atoms with Crippen LogP contribution in [0.3, 0.4) is 0 Å². The van der Waals surface area contributed by atoms with Gasteiger partial charge in [0.15, 0.2) is 0 Å². The summed E-state index contributed by atoms with van der Waals surface area (Å²) in [5.41, 5.74) is 0.501. The first kappa shape index (κ1) is 19.0. The van der Waals surface area contributed by atoms with Gasteiger partial charge in [-0.05, 0) is 44.2 Å². The first-order valence-corrected chi connectivity index (χ1v) is 9.89. The van der Waals surface area contributed by atoms with Crippen LogP contribution in [-0.2, 0) is 0 Å². The SMILES string of the molecule is CCCOc1cc(F)ccc1NC(=O)NC1CCN(C2CCCC2)CC1. The van der Waals surface area contributed by atoms with E-state index in [9.17, 15) is 9.18 Å². The third-order valence-electron chi connectivity index (χ3n) is 5.36. The molecule has 3 rings (SSSR count). The number of hydrogen-bond donors (Lipinski definition) is 2. The Morgan fingerprint density at radius 1 is 1.23 bits per heavy atom. The van der Waals surface area contributed by atoms with Crippen molar-refractivity contribution in [3.05, 3.63) is 24.0 Å². The van der Waals surface area contributed by atoms with Crippen molar-refractivity contribution >= 4 is 11.7 Å². The average Bonchev–Trinajstić information content (AvgIpc) is 3.17. The number of carbonyl (C=O) groups is 1. The molecule has 26 heavy (non-hydrogen) atoms. The number of nitrogens with one attached hydrogen (secondary N) is 2. The minimum atomic E-state index is -0.374. The number of urea groups is 1. The van der Waals surface area contributed by atoms with E-state index in [0.717, 1.165) is 38.4 Å². The Labute approximate surface area is 155 Å². The molecule has 0 atom stereocenters. The smallest absolute Gasteiger partial charge is 0.319 e. The summed E-state index contributed by atoms with van der Waals surface area (Å²) in [5, 5.41) is 5.86. The standard InChI is InChI=1S/C20H30FN3O2/c1-2-13-26-19-14-15(21)7-8-18(19)23-20(25)22-16-9-11-24(12-10-16)17-5-3-4-6-17/h7-8,14,16-17H,2-6,9-13H2,1H3,(H2,22,23,25). The fraction of sp³-hybridized carbons (Fsp3) is 0.650. The molecule has 6 heteroatoms. The molecule has 2 N–H and O–H groups in total. The van der Waals surface area contributed by atoms with Crippen LogP contribution in [0.2, 0.25) is 0 Å². The van der Waals surface area contributed by atoms with Crippen LogP contribution in [0.15, 0.2) is 18.2 Å². The van der Waals surface area contributed by atoms with Crippen molar-refractivity contribution in [3.63, 3.8) is 0 Å². The van der Waals surface area contributed by atoms with Crippen molar-refractivity contribution in [3.8, 4) is 5.75 Å². The van der Waals surface area contributed by atoms with Crippen LogP contribution in [0.4, 0.5) is 14.9 Å². The molecule has 1 aromatic rings. The lowest BCUT2D eigenvalue weighted by Crippen LogP contribution is -2.48. The molecular formula is C20H30FN3O2. The van der Waals surface area contributed by atoms with E-state index in [-0.39, 0.29) is 17.9 Å². The number of nitrogens with zero attached hydrogens (tertiary/aromatic N) is 1. The molecule has 0 spiro atoms. The Kier molecular flexibility index (Phi) is 6.72. The molecular weight excluding hydrogens is 333 g/mol. The predicted octanol–water partition coefficient (Wildman–Crippen LogP) is 4.14. The molecule has 0 radical (unpaired) electrons. The van der Waals surface area contributed by atoms with Gasteiger partial charge >= 0.3 is 6.03 Å². The van der Waals surface area contributed by atoms with E-state index in [2.05, 4.69) is 15.5 Å². The van der Waals surface area contributed by atoms with Gasteiger partial charge < -0.3 is 20.3 Å². The quantitative estimate of drug-likeness (QED) is 0.798. The number of likely N-dealkylation sites (tertiary alicyclic amines) is 1. The first-order chi connectivity index (χ1) is 12.7. The van der Waals surface area contributed by atoms with Crippen molar-refractivity contribution in [2.75, 3.05) is 25.0 Å². The maximum atomic E-state index is 13.4. The van der Waals surface area contributed by atoms with E-state index in [0.29, 0.717) is 18.0 Å². The molecule has 1 saturated carbocycles. The molecule has 2 aliphatic rings. The summed E-state index contributed by atoms with van der Waals surface area (Å²) in [7, 11) is 0. The van der Waals surface area contributed by atoms with Crippen LogP contribution >= 0.6 is 0 Å². The summed E-state index contributed by atoms with van der Waals surface area (Å²) in [6.45, 7) is 4.57. The zero-order valence-electron chi connectivity index (χ0n) is 15.6. The monoisotopic (exact) mass is 363 g/mol. The molecule has 0 bridgehead atoms. The van der Waals surface area contributed by atoms with Crippen LogP contribution in [0.1, 0.15) is 51.9 Å². The Morgan fingerprint density at radius 3 is 2.65 bits per heavy atom. The number of anilines is 1. The molecule has 1 aromatic carbocycles. The largest absolute Gasteiger partial charge is 0.491 e. The number of benzene rings is 1. The maximum Gasteiger partial charge on any atom is 0.319 e. The second-order valence-electron chi connectivity index (χ2n) is 7.34. The molecule has 1 heterocycles. The van der Waals surface area contributed by atoms with Gasteiger partial charge in [-0.1, -0.05) is 19.8 Å². The lowest BCUT2D eigenvalue weighted by Gasteiger charge is -2.36. The van der Waals surface area contributed by atoms with Crippen LogP contribution < -0.4 is 15.4 Å². The molecule has 0 aromatic heterocycles. The molecule has 144 valence electrons. The highest BCUT2D eigenvalue weighted by Gasteiger charge is 2.27. The summed E-state index contributed by atoms with van der Waals surface area (Å²) in [5.74, 6) is -0.000557. The van der Waals surface area contributed by atoms with Gasteiger partial charge in [-0.15, -0.1) is 0 Å². The summed E-state index contributed by atoms with van der Waals surface area (Å²) >= 11 is 0. The van der Waals surface area contributed by atoms with Crippen molar-refractivity contribution in [1.82, 2.24) is 10.2 Å². The number of amides is 2. The van der Waals surface area contributed by atoms with E-state index in [1.165, 1.54) is 37.8 Å². The topological polar surface area (TPSA) is 53.6 Å². The van der Waals surface area contributed by atoms with E-state index in [1.807, 2.05) is 6.92 Å². The summed E-state index contributed by atoms with van der Waals surface area (Å²) in [4.78, 5) is 14.9. The number of carbonyl (C=O) groups excluding carboxylic acids is 1. The lowest BCUT2D eigenvalue weighted by molar-refractivity contribution is 0.147. The van der Waals surface area contributed by atoms with Gasteiger partial charge in [0, 0.05) is 31.2 Å². The molecule has 1 aliphatic heterocycles. The minimum absolute atomic E-state index is 0.188. The van der Waals surface area contributed by atoms with E-state index in [4.69, 9.17) is 4.74 Å². The Bertz CT molecular complexity index is 597. The van der Waals surface area contributed by atoms with Gasteiger partial charge in [0.05, 0.1) is 12.3 Å². The lowest BCUT2D eigenvalue weighted by atomic mass is 10.0. The zero-order valence-corrected chi connectivity index (χ0v) is 15.6. The Hall–Kier alpha value is -1.82. The van der Waals surface area contributed by atoms with E-state index in [1.54, 1.807) is 6.07 Å². The molecule has 5 nitrogen and oxygen atoms in total. The number of halogens is 1. The van der Waals surface area contributed by atoms with Crippen molar-refractivity contribution < 1.29 is 13.9 Å². The Morgan fingerprint density at radius 2 is 1.96 bits per heavy atom. The number of piperidine rings is 1. The first-order valence-electron chi connectivity index (χ1n) is 9.89. The van der Waals surface area contributed by atoms with Crippen molar-refractivity contribution in [1.29, 1.82) is 0 Å². The summed E-state index contributed by atoms with van der Waals surface area (Å²) in [6.07, 6.45) is 8.13. The molecule has 0 unspecified atom stereocenters. The fourth-order valence-electron chi connectivity index (χ4n) is 3.95. The number of hydrogen-bond acceptors (Lipinski definition) is 3. The molecule has 2 fully saturated rings. The third kappa shape index (κ3) is 5.10. The fourth-order valence-corrected chi connectivity index (χ4v) is 3.95. The van der Waals surface area contributed by atoms with Crippen LogP contribution in [0.25, 0.3) is 0 Å². The Balaban J connectivity index is 1.48. The zero-order chi connectivity index (χ0) is 18.4.